The summed E-state index contributed by atoms with van der Waals surface area (Å²) >= 11 is 1.17. The number of ether oxygens (including phenoxy) is 1. The molecule has 25 heavy (non-hydrogen) atoms. The number of fused-ring (bicyclic) bond motifs is 1. The highest BCUT2D eigenvalue weighted by molar-refractivity contribution is 7.15. The molecular formula is C18H12FN3O2S. The minimum atomic E-state index is -0.379. The van der Waals surface area contributed by atoms with Crippen LogP contribution in [0.25, 0.3) is 22.4 Å². The van der Waals surface area contributed by atoms with Crippen molar-refractivity contribution in [3.8, 4) is 17.1 Å². The van der Waals surface area contributed by atoms with E-state index >= 15 is 0 Å². The largest absolute Gasteiger partial charge is 0.496 e. The molecule has 0 aliphatic heterocycles. The third-order valence-electron chi connectivity index (χ3n) is 3.72. The van der Waals surface area contributed by atoms with E-state index in [1.807, 2.05) is 18.2 Å². The summed E-state index contributed by atoms with van der Waals surface area (Å²) in [4.78, 5) is 17.4. The van der Waals surface area contributed by atoms with Gasteiger partial charge in [0.15, 0.2) is 5.82 Å². The fraction of sp³-hybridized carbons (Fsp3) is 0.0556. The van der Waals surface area contributed by atoms with Crippen molar-refractivity contribution in [3.63, 3.8) is 0 Å². The molecule has 0 saturated heterocycles. The van der Waals surface area contributed by atoms with Crippen LogP contribution in [0.15, 0.2) is 53.3 Å². The number of thiazole rings is 1. The van der Waals surface area contributed by atoms with Crippen molar-refractivity contribution >= 4 is 22.4 Å². The first-order valence-corrected chi connectivity index (χ1v) is 8.28. The first kappa shape index (κ1) is 15.5. The number of nitrogens with zero attached hydrogens (tertiary/aromatic N) is 3. The van der Waals surface area contributed by atoms with Crippen LogP contribution in [0.4, 0.5) is 4.39 Å². The zero-order valence-electron chi connectivity index (χ0n) is 13.1. The molecule has 7 heteroatoms. The van der Waals surface area contributed by atoms with E-state index in [1.54, 1.807) is 31.4 Å². The quantitative estimate of drug-likeness (QED) is 0.568. The summed E-state index contributed by atoms with van der Waals surface area (Å²) < 4.78 is 20.7. The molecule has 0 amide bonds. The van der Waals surface area contributed by atoms with Gasteiger partial charge in [0.2, 0.25) is 4.96 Å². The Hall–Kier alpha value is -3.06. The molecule has 0 radical (unpaired) electrons. The summed E-state index contributed by atoms with van der Waals surface area (Å²) in [6.45, 7) is 0. The lowest BCUT2D eigenvalue weighted by Crippen LogP contribution is -2.23. The number of aromatic nitrogens is 3. The standard InChI is InChI=1S/C18H12FN3O2S/c1-24-14-9-5-3-7-12(14)16-20-18-22(21-16)17(23)15(25-18)10-11-6-2-4-8-13(11)19/h2-10H,1H3. The topological polar surface area (TPSA) is 56.5 Å². The predicted octanol–water partition coefficient (Wildman–Crippen LogP) is 2.51. The van der Waals surface area contributed by atoms with Crippen LogP contribution in [0.3, 0.4) is 0 Å². The lowest BCUT2D eigenvalue weighted by atomic mass is 10.2. The molecule has 0 N–H and O–H groups in total. The van der Waals surface area contributed by atoms with Crippen molar-refractivity contribution in [2.24, 2.45) is 0 Å². The molecule has 5 nitrogen and oxygen atoms in total. The normalized spacial score (nSPS) is 12.0. The maximum atomic E-state index is 13.8. The second-order valence-corrected chi connectivity index (χ2v) is 6.28. The Labute approximate surface area is 145 Å². The zero-order valence-corrected chi connectivity index (χ0v) is 14.0. The SMILES string of the molecule is COc1ccccc1-c1nc2sc(=Cc3ccccc3F)c(=O)n2n1. The molecule has 0 aliphatic carbocycles. The molecule has 124 valence electrons. The molecule has 4 rings (SSSR count). The molecule has 0 fully saturated rings. The molecule has 2 aromatic carbocycles. The molecule has 0 saturated carbocycles. The van der Waals surface area contributed by atoms with Gasteiger partial charge in [0, 0.05) is 5.56 Å². The number of halogens is 1. The summed E-state index contributed by atoms with van der Waals surface area (Å²) in [5.41, 5.74) is 0.742. The Morgan fingerprint density at radius 2 is 1.92 bits per heavy atom. The number of para-hydroxylation sites is 1. The monoisotopic (exact) mass is 353 g/mol. The number of methoxy groups -OCH3 is 1. The summed E-state index contributed by atoms with van der Waals surface area (Å²) in [5, 5.41) is 4.29. The number of hydrogen-bond donors (Lipinski definition) is 0. The summed E-state index contributed by atoms with van der Waals surface area (Å²) in [6.07, 6.45) is 1.52. The summed E-state index contributed by atoms with van der Waals surface area (Å²) in [6, 6.07) is 13.6. The molecule has 0 bridgehead atoms. The molecule has 2 heterocycles. The van der Waals surface area contributed by atoms with Crippen molar-refractivity contribution in [2.45, 2.75) is 0 Å². The lowest BCUT2D eigenvalue weighted by Gasteiger charge is -2.03. The van der Waals surface area contributed by atoms with E-state index in [-0.39, 0.29) is 11.4 Å². The van der Waals surface area contributed by atoms with Gasteiger partial charge in [-0.05, 0) is 24.3 Å². The van der Waals surface area contributed by atoms with Crippen LogP contribution in [0.5, 0.6) is 5.75 Å². The van der Waals surface area contributed by atoms with E-state index in [4.69, 9.17) is 4.74 Å². The summed E-state index contributed by atoms with van der Waals surface area (Å²) in [7, 11) is 1.57. The molecule has 0 unspecified atom stereocenters. The smallest absolute Gasteiger partial charge is 0.291 e. The average Bonchev–Trinajstić information content (AvgIpc) is 3.17. The molecule has 4 aromatic rings. The highest BCUT2D eigenvalue weighted by Crippen LogP contribution is 2.27. The van der Waals surface area contributed by atoms with Gasteiger partial charge < -0.3 is 4.74 Å². The summed E-state index contributed by atoms with van der Waals surface area (Å²) in [5.74, 6) is 0.667. The van der Waals surface area contributed by atoms with E-state index < -0.39 is 0 Å². The van der Waals surface area contributed by atoms with E-state index in [1.165, 1.54) is 28.0 Å². The minimum absolute atomic E-state index is 0.322. The molecule has 2 aromatic heterocycles. The zero-order chi connectivity index (χ0) is 17.4. The first-order chi connectivity index (χ1) is 12.2. The van der Waals surface area contributed by atoms with Gasteiger partial charge in [-0.2, -0.15) is 9.50 Å². The van der Waals surface area contributed by atoms with Crippen LogP contribution in [-0.4, -0.2) is 21.7 Å². The Morgan fingerprint density at radius 1 is 1.16 bits per heavy atom. The van der Waals surface area contributed by atoms with E-state index in [9.17, 15) is 9.18 Å². The van der Waals surface area contributed by atoms with Crippen LogP contribution < -0.4 is 14.8 Å². The highest BCUT2D eigenvalue weighted by Gasteiger charge is 2.15. The van der Waals surface area contributed by atoms with Crippen LogP contribution in [0.2, 0.25) is 0 Å². The van der Waals surface area contributed by atoms with Gasteiger partial charge in [-0.3, -0.25) is 4.79 Å². The maximum Gasteiger partial charge on any atom is 0.291 e. The van der Waals surface area contributed by atoms with Gasteiger partial charge in [0.25, 0.3) is 5.56 Å². The van der Waals surface area contributed by atoms with Gasteiger partial charge in [-0.25, -0.2) is 4.39 Å². The maximum absolute atomic E-state index is 13.8. The van der Waals surface area contributed by atoms with E-state index in [2.05, 4.69) is 10.1 Å². The van der Waals surface area contributed by atoms with Gasteiger partial charge >= 0.3 is 0 Å². The first-order valence-electron chi connectivity index (χ1n) is 7.46. The Kier molecular flexibility index (Phi) is 3.77. The second-order valence-electron chi connectivity index (χ2n) is 5.27. The Morgan fingerprint density at radius 3 is 2.68 bits per heavy atom. The fourth-order valence-corrected chi connectivity index (χ4v) is 3.41. The van der Waals surface area contributed by atoms with Crippen molar-refractivity contribution in [1.29, 1.82) is 0 Å². The highest BCUT2D eigenvalue weighted by atomic mass is 32.1. The average molecular weight is 353 g/mol. The van der Waals surface area contributed by atoms with Crippen LogP contribution >= 0.6 is 11.3 Å². The van der Waals surface area contributed by atoms with Gasteiger partial charge in [-0.15, -0.1) is 5.10 Å². The minimum Gasteiger partial charge on any atom is -0.496 e. The van der Waals surface area contributed by atoms with Gasteiger partial charge in [-0.1, -0.05) is 41.7 Å². The molecule has 0 spiro atoms. The second kappa shape index (κ2) is 6.10. The third-order valence-corrected chi connectivity index (χ3v) is 4.68. The fourth-order valence-electron chi connectivity index (χ4n) is 2.51. The molecule has 0 atom stereocenters. The Balaban J connectivity index is 1.86. The van der Waals surface area contributed by atoms with Crippen LogP contribution in [-0.2, 0) is 0 Å². The van der Waals surface area contributed by atoms with Gasteiger partial charge in [0.05, 0.1) is 17.2 Å². The van der Waals surface area contributed by atoms with Crippen LogP contribution in [0.1, 0.15) is 5.56 Å². The van der Waals surface area contributed by atoms with Crippen molar-refractivity contribution in [3.05, 3.63) is 74.8 Å². The van der Waals surface area contributed by atoms with Gasteiger partial charge in [0.1, 0.15) is 11.6 Å². The van der Waals surface area contributed by atoms with Crippen molar-refractivity contribution < 1.29 is 9.13 Å². The Bertz CT molecular complexity index is 1180. The lowest BCUT2D eigenvalue weighted by molar-refractivity contribution is 0.416. The van der Waals surface area contributed by atoms with Crippen molar-refractivity contribution in [1.82, 2.24) is 14.6 Å². The predicted molar refractivity (Wildman–Crippen MR) is 94.3 cm³/mol. The molecule has 0 aliphatic rings. The van der Waals surface area contributed by atoms with Crippen LogP contribution in [0, 0.1) is 5.82 Å². The molecular weight excluding hydrogens is 341 g/mol. The number of rotatable bonds is 3. The number of hydrogen-bond acceptors (Lipinski definition) is 5. The van der Waals surface area contributed by atoms with E-state index in [0.29, 0.717) is 32.2 Å². The van der Waals surface area contributed by atoms with E-state index in [0.717, 1.165) is 0 Å². The van der Waals surface area contributed by atoms with Crippen molar-refractivity contribution in [2.75, 3.05) is 7.11 Å². The third kappa shape index (κ3) is 2.68. The number of benzene rings is 2.